The van der Waals surface area contributed by atoms with Crippen molar-refractivity contribution in [2.24, 2.45) is 0 Å². The van der Waals surface area contributed by atoms with E-state index in [-0.39, 0.29) is 17.1 Å². The van der Waals surface area contributed by atoms with E-state index in [1.165, 1.54) is 11.3 Å². The molecule has 0 aliphatic rings. The van der Waals surface area contributed by atoms with Crippen molar-refractivity contribution in [3.05, 3.63) is 70.3 Å². The third-order valence-electron chi connectivity index (χ3n) is 4.58. The van der Waals surface area contributed by atoms with Crippen LogP contribution in [0.5, 0.6) is 5.75 Å². The second-order valence-corrected chi connectivity index (χ2v) is 7.90. The highest BCUT2D eigenvalue weighted by atomic mass is 35.5. The first-order chi connectivity index (χ1) is 14.7. The molecule has 0 saturated carbocycles. The molecule has 2 aromatic heterocycles. The number of rotatable bonds is 5. The van der Waals surface area contributed by atoms with Crippen molar-refractivity contribution in [1.82, 2.24) is 9.38 Å². The van der Waals surface area contributed by atoms with Gasteiger partial charge >= 0.3 is 6.18 Å². The van der Waals surface area contributed by atoms with Crippen molar-refractivity contribution in [3.63, 3.8) is 0 Å². The third kappa shape index (κ3) is 4.52. The standard InChI is InChI=1S/C21H15ClF3N3O2S/c1-30-15-5-2-12(3-6-15)18-10-28-14(11-31-20(28)27-18)9-19(29)26-17-8-13(21(23,24)25)4-7-16(17)22/h2-8,10-11H,9H2,1H3,(H,26,29). The van der Waals surface area contributed by atoms with Crippen LogP contribution in [-0.4, -0.2) is 22.4 Å². The topological polar surface area (TPSA) is 55.6 Å². The molecule has 4 aromatic rings. The molecule has 1 N–H and O–H groups in total. The summed E-state index contributed by atoms with van der Waals surface area (Å²) in [6.45, 7) is 0. The van der Waals surface area contributed by atoms with Crippen LogP contribution in [-0.2, 0) is 17.4 Å². The van der Waals surface area contributed by atoms with E-state index in [0.717, 1.165) is 35.2 Å². The predicted octanol–water partition coefficient (Wildman–Crippen LogP) is 5.92. The average molecular weight is 466 g/mol. The van der Waals surface area contributed by atoms with Gasteiger partial charge in [-0.15, -0.1) is 11.3 Å². The molecule has 31 heavy (non-hydrogen) atoms. The second kappa shape index (κ2) is 8.24. The Labute approximate surface area is 184 Å². The minimum atomic E-state index is -4.53. The van der Waals surface area contributed by atoms with Gasteiger partial charge in [-0.2, -0.15) is 13.2 Å². The van der Waals surface area contributed by atoms with Gasteiger partial charge in [0.05, 0.1) is 35.5 Å². The number of nitrogens with one attached hydrogen (secondary N) is 1. The zero-order valence-corrected chi connectivity index (χ0v) is 17.6. The monoisotopic (exact) mass is 465 g/mol. The number of hydrogen-bond donors (Lipinski definition) is 1. The van der Waals surface area contributed by atoms with Gasteiger partial charge in [-0.3, -0.25) is 9.20 Å². The van der Waals surface area contributed by atoms with E-state index in [9.17, 15) is 18.0 Å². The van der Waals surface area contributed by atoms with Crippen molar-refractivity contribution in [3.8, 4) is 17.0 Å². The quantitative estimate of drug-likeness (QED) is 0.398. The lowest BCUT2D eigenvalue weighted by molar-refractivity contribution is -0.137. The van der Waals surface area contributed by atoms with Crippen molar-refractivity contribution in [1.29, 1.82) is 0 Å². The first-order valence-electron chi connectivity index (χ1n) is 9.01. The van der Waals surface area contributed by atoms with Gasteiger partial charge < -0.3 is 10.1 Å². The zero-order valence-electron chi connectivity index (χ0n) is 16.0. The normalized spacial score (nSPS) is 11.6. The number of amides is 1. The molecule has 0 radical (unpaired) electrons. The number of anilines is 1. The Bertz CT molecular complexity index is 1250. The van der Waals surface area contributed by atoms with Crippen LogP contribution >= 0.6 is 22.9 Å². The molecule has 0 bridgehead atoms. The smallest absolute Gasteiger partial charge is 0.416 e. The Morgan fingerprint density at radius 2 is 1.97 bits per heavy atom. The first-order valence-corrected chi connectivity index (χ1v) is 10.3. The van der Waals surface area contributed by atoms with Gasteiger partial charge in [-0.25, -0.2) is 4.98 Å². The number of aromatic nitrogens is 2. The van der Waals surface area contributed by atoms with Gasteiger partial charge in [0.2, 0.25) is 5.91 Å². The van der Waals surface area contributed by atoms with E-state index in [1.54, 1.807) is 16.9 Å². The Hall–Kier alpha value is -3.04. The molecular formula is C21H15ClF3N3O2S. The lowest BCUT2D eigenvalue weighted by atomic mass is 10.1. The number of hydrogen-bond acceptors (Lipinski definition) is 4. The number of carbonyl (C=O) groups is 1. The summed E-state index contributed by atoms with van der Waals surface area (Å²) >= 11 is 7.32. The van der Waals surface area contributed by atoms with Gasteiger partial charge in [0.25, 0.3) is 0 Å². The maximum atomic E-state index is 12.9. The van der Waals surface area contributed by atoms with Gasteiger partial charge in [0, 0.05) is 22.8 Å². The number of halogens is 4. The number of imidazole rings is 1. The molecule has 5 nitrogen and oxygen atoms in total. The Morgan fingerprint density at radius 3 is 2.65 bits per heavy atom. The molecular weight excluding hydrogens is 451 g/mol. The number of fused-ring (bicyclic) bond motifs is 1. The highest BCUT2D eigenvalue weighted by molar-refractivity contribution is 7.15. The fourth-order valence-electron chi connectivity index (χ4n) is 3.01. The molecule has 0 aliphatic carbocycles. The SMILES string of the molecule is COc1ccc(-c2cn3c(CC(=O)Nc4cc(C(F)(F)F)ccc4Cl)csc3n2)cc1. The van der Waals surface area contributed by atoms with E-state index < -0.39 is 17.6 Å². The van der Waals surface area contributed by atoms with Crippen LogP contribution in [0.3, 0.4) is 0 Å². The number of thiazole rings is 1. The van der Waals surface area contributed by atoms with Crippen LogP contribution < -0.4 is 10.1 Å². The summed E-state index contributed by atoms with van der Waals surface area (Å²) in [5.74, 6) is 0.246. The van der Waals surface area contributed by atoms with Gasteiger partial charge in [-0.05, 0) is 42.5 Å². The van der Waals surface area contributed by atoms with Crippen LogP contribution in [0.1, 0.15) is 11.3 Å². The van der Waals surface area contributed by atoms with Crippen molar-refractivity contribution >= 4 is 39.5 Å². The minimum absolute atomic E-state index is 0.0289. The zero-order chi connectivity index (χ0) is 22.2. The lowest BCUT2D eigenvalue weighted by Gasteiger charge is -2.11. The average Bonchev–Trinajstić information content (AvgIpc) is 3.31. The van der Waals surface area contributed by atoms with E-state index in [0.29, 0.717) is 10.7 Å². The fraction of sp³-hybridized carbons (Fsp3) is 0.143. The van der Waals surface area contributed by atoms with E-state index in [4.69, 9.17) is 16.3 Å². The Morgan fingerprint density at radius 1 is 1.23 bits per heavy atom. The Kier molecular flexibility index (Phi) is 5.63. The number of alkyl halides is 3. The predicted molar refractivity (Wildman–Crippen MR) is 114 cm³/mol. The van der Waals surface area contributed by atoms with E-state index in [1.807, 2.05) is 30.5 Å². The summed E-state index contributed by atoms with van der Waals surface area (Å²) in [5, 5.41) is 4.28. The number of nitrogens with zero attached hydrogens (tertiary/aromatic N) is 2. The summed E-state index contributed by atoms with van der Waals surface area (Å²) in [7, 11) is 1.59. The van der Waals surface area contributed by atoms with Gasteiger partial charge in [0.1, 0.15) is 5.75 Å². The molecule has 0 fully saturated rings. The number of ether oxygens (including phenoxy) is 1. The van der Waals surface area contributed by atoms with Crippen molar-refractivity contribution in [2.45, 2.75) is 12.6 Å². The molecule has 2 heterocycles. The van der Waals surface area contributed by atoms with Crippen LogP contribution in [0.15, 0.2) is 54.0 Å². The highest BCUT2D eigenvalue weighted by Gasteiger charge is 2.31. The summed E-state index contributed by atoms with van der Waals surface area (Å²) in [4.78, 5) is 17.8. The summed E-state index contributed by atoms with van der Waals surface area (Å²) in [6, 6.07) is 10.2. The number of benzene rings is 2. The van der Waals surface area contributed by atoms with E-state index in [2.05, 4.69) is 10.3 Å². The molecule has 0 atom stereocenters. The molecule has 2 aromatic carbocycles. The van der Waals surface area contributed by atoms with Gasteiger partial charge in [0.15, 0.2) is 4.96 Å². The van der Waals surface area contributed by atoms with Crippen molar-refractivity contribution in [2.75, 3.05) is 12.4 Å². The van der Waals surface area contributed by atoms with Crippen LogP contribution in [0.25, 0.3) is 16.2 Å². The second-order valence-electron chi connectivity index (χ2n) is 6.65. The van der Waals surface area contributed by atoms with Crippen LogP contribution in [0.2, 0.25) is 5.02 Å². The summed E-state index contributed by atoms with van der Waals surface area (Å²) in [6.07, 6.45) is -2.77. The molecule has 0 unspecified atom stereocenters. The van der Waals surface area contributed by atoms with Gasteiger partial charge in [-0.1, -0.05) is 11.6 Å². The fourth-order valence-corrected chi connectivity index (χ4v) is 4.05. The molecule has 0 spiro atoms. The first kappa shape index (κ1) is 21.2. The third-order valence-corrected chi connectivity index (χ3v) is 5.80. The molecule has 0 aliphatic heterocycles. The maximum Gasteiger partial charge on any atom is 0.416 e. The summed E-state index contributed by atoms with van der Waals surface area (Å²) < 4.78 is 45.7. The largest absolute Gasteiger partial charge is 0.497 e. The lowest BCUT2D eigenvalue weighted by Crippen LogP contribution is -2.16. The summed E-state index contributed by atoms with van der Waals surface area (Å²) in [5.41, 5.74) is 1.31. The van der Waals surface area contributed by atoms with E-state index >= 15 is 0 Å². The molecule has 0 saturated heterocycles. The molecule has 4 rings (SSSR count). The van der Waals surface area contributed by atoms with Crippen LogP contribution in [0.4, 0.5) is 18.9 Å². The Balaban J connectivity index is 1.53. The minimum Gasteiger partial charge on any atom is -0.497 e. The maximum absolute atomic E-state index is 12.9. The van der Waals surface area contributed by atoms with Crippen LogP contribution in [0, 0.1) is 0 Å². The number of methoxy groups -OCH3 is 1. The highest BCUT2D eigenvalue weighted by Crippen LogP contribution is 2.34. The van der Waals surface area contributed by atoms with Crippen molar-refractivity contribution < 1.29 is 22.7 Å². The molecule has 10 heteroatoms. The molecule has 160 valence electrons. The number of carbonyl (C=O) groups excluding carboxylic acids is 1. The molecule has 1 amide bonds.